The van der Waals surface area contributed by atoms with Crippen LogP contribution in [0.5, 0.6) is 0 Å². The molecule has 144 valence electrons. The van der Waals surface area contributed by atoms with Crippen LogP contribution in [0.4, 0.5) is 5.13 Å². The topological polar surface area (TPSA) is 113 Å². The number of likely N-dealkylation sites (tertiary alicyclic amines) is 1. The van der Waals surface area contributed by atoms with Crippen molar-refractivity contribution in [1.29, 1.82) is 0 Å². The van der Waals surface area contributed by atoms with Crippen molar-refractivity contribution >= 4 is 28.3 Å². The number of rotatable bonds is 6. The summed E-state index contributed by atoms with van der Waals surface area (Å²) in [5.41, 5.74) is 1.25. The van der Waals surface area contributed by atoms with E-state index in [1.54, 1.807) is 31.4 Å². The van der Waals surface area contributed by atoms with Crippen LogP contribution in [0.1, 0.15) is 22.2 Å². The minimum atomic E-state index is -0.170. The molecule has 3 heterocycles. The van der Waals surface area contributed by atoms with Gasteiger partial charge in [0.05, 0.1) is 12.5 Å². The Labute approximate surface area is 164 Å². The molecule has 0 saturated carbocycles. The summed E-state index contributed by atoms with van der Waals surface area (Å²) < 4.78 is 5.39. The molecule has 2 aromatic heterocycles. The molecule has 1 aliphatic heterocycles. The van der Waals surface area contributed by atoms with Gasteiger partial charge in [-0.05, 0) is 12.1 Å². The predicted octanol–water partition coefficient (Wildman–Crippen LogP) is 1.59. The number of hydrogen-bond donors (Lipinski definition) is 2. The van der Waals surface area contributed by atoms with E-state index in [9.17, 15) is 9.59 Å². The van der Waals surface area contributed by atoms with Crippen LogP contribution in [-0.2, 0) is 4.79 Å². The Morgan fingerprint density at radius 1 is 1.36 bits per heavy atom. The molecule has 1 aromatic carbocycles. The first-order chi connectivity index (χ1) is 13.6. The van der Waals surface area contributed by atoms with Crippen LogP contribution < -0.4 is 10.6 Å². The van der Waals surface area contributed by atoms with Gasteiger partial charge in [-0.3, -0.25) is 14.5 Å². The fraction of sp³-hybridized carbons (Fsp3) is 0.278. The monoisotopic (exact) mass is 398 g/mol. The molecule has 1 aliphatic rings. The molecule has 1 saturated heterocycles. The Bertz CT molecular complexity index is 981. The number of carbonyl (C=O) groups is 2. The number of thiazole rings is 1. The van der Waals surface area contributed by atoms with Gasteiger partial charge in [-0.1, -0.05) is 17.3 Å². The SMILES string of the molecule is CNC(=O)c1cccc(-c2noc(C3CN(CC(=O)Nc4nccs4)C3)n2)c1. The smallest absolute Gasteiger partial charge is 0.251 e. The second-order valence-corrected chi connectivity index (χ2v) is 7.29. The minimum Gasteiger partial charge on any atom is -0.355 e. The standard InChI is InChI=1S/C18H18N6O3S/c1-19-16(26)12-4-2-3-11(7-12)15-22-17(27-23-15)13-8-24(9-13)10-14(25)21-18-20-5-6-28-18/h2-7,13H,8-10H2,1H3,(H,19,26)(H,20,21,25). The Morgan fingerprint density at radius 2 is 2.21 bits per heavy atom. The molecule has 2 N–H and O–H groups in total. The molecule has 0 bridgehead atoms. The zero-order chi connectivity index (χ0) is 19.5. The fourth-order valence-corrected chi connectivity index (χ4v) is 3.51. The van der Waals surface area contributed by atoms with E-state index in [1.165, 1.54) is 11.3 Å². The average Bonchev–Trinajstić information content (AvgIpc) is 3.36. The van der Waals surface area contributed by atoms with Gasteiger partial charge in [0.15, 0.2) is 5.13 Å². The quantitative estimate of drug-likeness (QED) is 0.648. The van der Waals surface area contributed by atoms with Crippen molar-refractivity contribution in [2.75, 3.05) is 32.0 Å². The molecule has 0 unspecified atom stereocenters. The Hall–Kier alpha value is -3.11. The van der Waals surface area contributed by atoms with Gasteiger partial charge in [0, 0.05) is 42.8 Å². The third-order valence-electron chi connectivity index (χ3n) is 4.40. The van der Waals surface area contributed by atoms with E-state index in [-0.39, 0.29) is 17.7 Å². The van der Waals surface area contributed by atoms with Crippen molar-refractivity contribution in [2.24, 2.45) is 0 Å². The molecular weight excluding hydrogens is 380 g/mol. The molecular formula is C18H18N6O3S. The highest BCUT2D eigenvalue weighted by Crippen LogP contribution is 2.27. The maximum atomic E-state index is 12.0. The molecule has 10 heteroatoms. The summed E-state index contributed by atoms with van der Waals surface area (Å²) >= 11 is 1.39. The van der Waals surface area contributed by atoms with E-state index in [1.807, 2.05) is 16.3 Å². The lowest BCUT2D eigenvalue weighted by Gasteiger charge is -2.36. The number of aromatic nitrogens is 3. The fourth-order valence-electron chi connectivity index (χ4n) is 2.96. The maximum absolute atomic E-state index is 12.0. The van der Waals surface area contributed by atoms with Crippen molar-refractivity contribution in [2.45, 2.75) is 5.92 Å². The highest BCUT2D eigenvalue weighted by atomic mass is 32.1. The zero-order valence-corrected chi connectivity index (χ0v) is 15.9. The van der Waals surface area contributed by atoms with Gasteiger partial charge >= 0.3 is 0 Å². The van der Waals surface area contributed by atoms with E-state index < -0.39 is 0 Å². The second-order valence-electron chi connectivity index (χ2n) is 6.39. The largest absolute Gasteiger partial charge is 0.355 e. The number of nitrogens with zero attached hydrogens (tertiary/aromatic N) is 4. The summed E-state index contributed by atoms with van der Waals surface area (Å²) in [5.74, 6) is 0.815. The van der Waals surface area contributed by atoms with Gasteiger partial charge in [0.25, 0.3) is 5.91 Å². The Kier molecular flexibility index (Phi) is 5.13. The van der Waals surface area contributed by atoms with Gasteiger partial charge in [0.1, 0.15) is 0 Å². The molecule has 4 rings (SSSR count). The molecule has 0 atom stereocenters. The molecule has 1 fully saturated rings. The van der Waals surface area contributed by atoms with Crippen molar-refractivity contribution < 1.29 is 14.1 Å². The van der Waals surface area contributed by atoms with Gasteiger partial charge in [0.2, 0.25) is 17.6 Å². The summed E-state index contributed by atoms with van der Waals surface area (Å²) in [5, 5.41) is 11.8. The van der Waals surface area contributed by atoms with Crippen LogP contribution in [0.3, 0.4) is 0 Å². The van der Waals surface area contributed by atoms with Crippen LogP contribution in [-0.4, -0.2) is 58.5 Å². The van der Waals surface area contributed by atoms with Crippen molar-refractivity contribution in [3.63, 3.8) is 0 Å². The first kappa shape index (κ1) is 18.3. The summed E-state index contributed by atoms with van der Waals surface area (Å²) in [4.78, 5) is 34.3. The minimum absolute atomic E-state index is 0.0920. The van der Waals surface area contributed by atoms with E-state index in [0.717, 1.165) is 5.56 Å². The third kappa shape index (κ3) is 3.92. The lowest BCUT2D eigenvalue weighted by atomic mass is 10.0. The second kappa shape index (κ2) is 7.87. The molecule has 3 aromatic rings. The van der Waals surface area contributed by atoms with Crippen LogP contribution in [0.2, 0.25) is 0 Å². The van der Waals surface area contributed by atoms with Gasteiger partial charge in [-0.25, -0.2) is 4.98 Å². The summed E-state index contributed by atoms with van der Waals surface area (Å²) in [6, 6.07) is 7.06. The highest BCUT2D eigenvalue weighted by Gasteiger charge is 2.33. The van der Waals surface area contributed by atoms with Crippen LogP contribution in [0.25, 0.3) is 11.4 Å². The zero-order valence-electron chi connectivity index (χ0n) is 15.1. The van der Waals surface area contributed by atoms with E-state index in [4.69, 9.17) is 4.52 Å². The van der Waals surface area contributed by atoms with Gasteiger partial charge in [-0.15, -0.1) is 11.3 Å². The first-order valence-electron chi connectivity index (χ1n) is 8.70. The molecule has 28 heavy (non-hydrogen) atoms. The average molecular weight is 398 g/mol. The summed E-state index contributed by atoms with van der Waals surface area (Å²) in [6.45, 7) is 1.64. The molecule has 0 radical (unpaired) electrons. The van der Waals surface area contributed by atoms with Crippen LogP contribution in [0, 0.1) is 0 Å². The van der Waals surface area contributed by atoms with Crippen molar-refractivity contribution in [1.82, 2.24) is 25.3 Å². The van der Waals surface area contributed by atoms with Gasteiger partial charge in [-0.2, -0.15) is 4.98 Å². The van der Waals surface area contributed by atoms with Crippen molar-refractivity contribution in [3.05, 3.63) is 47.3 Å². The predicted molar refractivity (Wildman–Crippen MR) is 103 cm³/mol. The maximum Gasteiger partial charge on any atom is 0.251 e. The number of hydrogen-bond acceptors (Lipinski definition) is 8. The number of anilines is 1. The molecule has 0 aliphatic carbocycles. The lowest BCUT2D eigenvalue weighted by Crippen LogP contribution is -2.48. The van der Waals surface area contributed by atoms with Gasteiger partial charge < -0.3 is 15.2 Å². The number of amides is 2. The summed E-state index contributed by atoms with van der Waals surface area (Å²) in [6.07, 6.45) is 1.65. The molecule has 2 amide bonds. The normalized spacial score (nSPS) is 14.5. The first-order valence-corrected chi connectivity index (χ1v) is 9.58. The molecule has 0 spiro atoms. The number of benzene rings is 1. The van der Waals surface area contributed by atoms with Crippen molar-refractivity contribution in [3.8, 4) is 11.4 Å². The van der Waals surface area contributed by atoms with E-state index >= 15 is 0 Å². The Morgan fingerprint density at radius 3 is 2.96 bits per heavy atom. The lowest BCUT2D eigenvalue weighted by molar-refractivity contribution is -0.118. The van der Waals surface area contributed by atoms with Crippen LogP contribution >= 0.6 is 11.3 Å². The highest BCUT2D eigenvalue weighted by molar-refractivity contribution is 7.13. The van der Waals surface area contributed by atoms with E-state index in [0.29, 0.717) is 42.0 Å². The Balaban J connectivity index is 1.33. The summed E-state index contributed by atoms with van der Waals surface area (Å²) in [7, 11) is 1.58. The molecule has 9 nitrogen and oxygen atoms in total. The van der Waals surface area contributed by atoms with Crippen LogP contribution in [0.15, 0.2) is 40.4 Å². The van der Waals surface area contributed by atoms with E-state index in [2.05, 4.69) is 25.8 Å². The number of carbonyl (C=O) groups excluding carboxylic acids is 2. The third-order valence-corrected chi connectivity index (χ3v) is 5.09. The number of nitrogens with one attached hydrogen (secondary N) is 2.